The second-order valence-corrected chi connectivity index (χ2v) is 13.3. The van der Waals surface area contributed by atoms with Crippen LogP contribution in [0.5, 0.6) is 0 Å². The van der Waals surface area contributed by atoms with E-state index >= 15 is 0 Å². The molecule has 5 N–H and O–H groups in total. The number of aliphatic carboxylic acids is 1. The molecule has 1 saturated heterocycles. The maximum absolute atomic E-state index is 10.9. The van der Waals surface area contributed by atoms with E-state index in [1.54, 1.807) is 13.0 Å². The first kappa shape index (κ1) is 24.8. The lowest BCUT2D eigenvalue weighted by Gasteiger charge is -2.25. The molecule has 0 aromatic heterocycles. The largest absolute Gasteiger partial charge is 0.481 e. The number of aliphatic imine (C=N–C) groups is 2. The van der Waals surface area contributed by atoms with Crippen molar-refractivity contribution in [2.24, 2.45) is 27.6 Å². The van der Waals surface area contributed by atoms with Crippen molar-refractivity contribution >= 4 is 30.8 Å². The van der Waals surface area contributed by atoms with Gasteiger partial charge in [0, 0.05) is 6.54 Å². The fourth-order valence-electron chi connectivity index (χ4n) is 3.60. The third kappa shape index (κ3) is 7.05. The molecule has 1 fully saturated rings. The molecular formula is C21H36N3O5P. The molecule has 170 valence electrons. The van der Waals surface area contributed by atoms with Gasteiger partial charge in [0.25, 0.3) is 0 Å². The summed E-state index contributed by atoms with van der Waals surface area (Å²) in [6, 6.07) is 0. The van der Waals surface area contributed by atoms with Gasteiger partial charge in [0.1, 0.15) is 23.9 Å². The minimum atomic E-state index is -1.26. The van der Waals surface area contributed by atoms with E-state index < -0.39 is 43.2 Å². The molecule has 0 aliphatic carbocycles. The molecule has 2 aliphatic rings. The maximum atomic E-state index is 10.9. The SMILES string of the molecule is C=P(C)(C)CC[C@H]1O[C@@H](C2C=CC(N)=NC2=NCCCCC(C)C(=O)O)[C@H](O)[C@@H]1O. The number of hydrogen-bond acceptors (Lipinski definition) is 6. The van der Waals surface area contributed by atoms with Crippen molar-refractivity contribution in [2.45, 2.75) is 57.0 Å². The Morgan fingerprint density at radius 2 is 2.07 bits per heavy atom. The summed E-state index contributed by atoms with van der Waals surface area (Å²) >= 11 is 0. The highest BCUT2D eigenvalue weighted by molar-refractivity contribution is 7.72. The van der Waals surface area contributed by atoms with Crippen LogP contribution in [0.15, 0.2) is 22.1 Å². The van der Waals surface area contributed by atoms with E-state index in [1.165, 1.54) is 0 Å². The molecule has 0 radical (unpaired) electrons. The molecule has 2 rings (SSSR count). The van der Waals surface area contributed by atoms with Gasteiger partial charge in [0.05, 0.1) is 24.0 Å². The summed E-state index contributed by atoms with van der Waals surface area (Å²) in [5, 5.41) is 30.0. The fraction of sp³-hybridized carbons (Fsp3) is 0.714. The Morgan fingerprint density at radius 1 is 1.37 bits per heavy atom. The van der Waals surface area contributed by atoms with Crippen LogP contribution in [0.1, 0.15) is 32.6 Å². The number of aliphatic hydroxyl groups excluding tert-OH is 2. The monoisotopic (exact) mass is 441 g/mol. The number of nitrogens with zero attached hydrogens (tertiary/aromatic N) is 2. The van der Waals surface area contributed by atoms with Crippen LogP contribution in [-0.2, 0) is 9.53 Å². The highest BCUT2D eigenvalue weighted by atomic mass is 31.2. The summed E-state index contributed by atoms with van der Waals surface area (Å²) in [7, 11) is 0. The Hall–Kier alpha value is -1.47. The van der Waals surface area contributed by atoms with Crippen LogP contribution in [-0.4, -0.2) is 89.7 Å². The van der Waals surface area contributed by atoms with Crippen LogP contribution in [0.4, 0.5) is 0 Å². The molecule has 0 amide bonds. The first-order chi connectivity index (χ1) is 14.0. The second-order valence-electron chi connectivity index (χ2n) is 8.96. The highest BCUT2D eigenvalue weighted by Gasteiger charge is 2.47. The van der Waals surface area contributed by atoms with E-state index in [1.807, 2.05) is 6.08 Å². The molecule has 0 spiro atoms. The zero-order valence-corrected chi connectivity index (χ0v) is 19.0. The summed E-state index contributed by atoms with van der Waals surface area (Å²) in [6.45, 7) is 5.18. The summed E-state index contributed by atoms with van der Waals surface area (Å²) in [4.78, 5) is 19.8. The van der Waals surface area contributed by atoms with Crippen molar-refractivity contribution in [3.05, 3.63) is 12.2 Å². The third-order valence-corrected chi connectivity index (χ3v) is 7.00. The Bertz CT molecular complexity index is 745. The van der Waals surface area contributed by atoms with Gasteiger partial charge in [-0.05, 0) is 44.8 Å². The number of aliphatic hydroxyl groups is 2. The van der Waals surface area contributed by atoms with Crippen molar-refractivity contribution in [1.82, 2.24) is 0 Å². The number of rotatable bonds is 10. The minimum Gasteiger partial charge on any atom is -0.481 e. The van der Waals surface area contributed by atoms with Crippen molar-refractivity contribution in [2.75, 3.05) is 26.0 Å². The first-order valence-electron chi connectivity index (χ1n) is 10.5. The quantitative estimate of drug-likeness (QED) is 0.299. The molecule has 2 heterocycles. The van der Waals surface area contributed by atoms with E-state index in [2.05, 4.69) is 29.6 Å². The van der Waals surface area contributed by atoms with Crippen molar-refractivity contribution in [1.29, 1.82) is 0 Å². The van der Waals surface area contributed by atoms with E-state index in [0.717, 1.165) is 19.0 Å². The maximum Gasteiger partial charge on any atom is 0.306 e. The highest BCUT2D eigenvalue weighted by Crippen LogP contribution is 2.39. The van der Waals surface area contributed by atoms with Crippen LogP contribution >= 0.6 is 6.89 Å². The van der Waals surface area contributed by atoms with Gasteiger partial charge in [-0.15, -0.1) is 13.2 Å². The number of dihydropyridines is 1. The number of carbonyl (C=O) groups is 1. The smallest absolute Gasteiger partial charge is 0.306 e. The average molecular weight is 442 g/mol. The van der Waals surface area contributed by atoms with Gasteiger partial charge in [-0.3, -0.25) is 9.79 Å². The Labute approximate surface area is 178 Å². The van der Waals surface area contributed by atoms with Gasteiger partial charge in [-0.2, -0.15) is 0 Å². The predicted octanol–water partition coefficient (Wildman–Crippen LogP) is 1.41. The zero-order valence-electron chi connectivity index (χ0n) is 18.1. The second kappa shape index (κ2) is 10.7. The van der Waals surface area contributed by atoms with E-state index in [0.29, 0.717) is 31.1 Å². The Balaban J connectivity index is 2.00. The molecule has 0 aromatic carbocycles. The fourth-order valence-corrected chi connectivity index (χ4v) is 4.55. The molecule has 2 aliphatic heterocycles. The molecule has 0 aromatic rings. The lowest BCUT2D eigenvalue weighted by Crippen LogP contribution is -2.39. The third-order valence-electron chi connectivity index (χ3n) is 5.53. The molecule has 2 unspecified atom stereocenters. The summed E-state index contributed by atoms with van der Waals surface area (Å²) in [6.07, 6.45) is 8.18. The normalized spacial score (nSPS) is 31.7. The van der Waals surface area contributed by atoms with Gasteiger partial charge >= 0.3 is 5.97 Å². The number of amidine groups is 2. The number of hydrogen-bond donors (Lipinski definition) is 4. The molecule has 30 heavy (non-hydrogen) atoms. The molecule has 0 bridgehead atoms. The van der Waals surface area contributed by atoms with E-state index in [4.69, 9.17) is 15.6 Å². The Morgan fingerprint density at radius 3 is 2.70 bits per heavy atom. The standard InChI is InChI=1S/C21H36N3O5P/c1-13(21(27)28)7-5-6-11-23-20-14(8-9-16(22)24-20)19-18(26)17(25)15(29-19)10-12-30(2,3)4/h8-9,13-15,17-19,25-26H,2,5-7,10-12H2,1,3-4H3,(H,27,28)(H2,22,23,24)/t13?,14?,15-,17-,18-,19+/m1/s1. The number of ether oxygens (including phenoxy) is 1. The lowest BCUT2D eigenvalue weighted by molar-refractivity contribution is -0.141. The Kier molecular flexibility index (Phi) is 8.85. The van der Waals surface area contributed by atoms with Gasteiger partial charge in [-0.1, -0.05) is 19.4 Å². The van der Waals surface area contributed by atoms with Crippen LogP contribution in [0.25, 0.3) is 0 Å². The van der Waals surface area contributed by atoms with Crippen molar-refractivity contribution in [3.8, 4) is 0 Å². The van der Waals surface area contributed by atoms with Gasteiger partial charge in [0.2, 0.25) is 0 Å². The van der Waals surface area contributed by atoms with E-state index in [9.17, 15) is 15.0 Å². The van der Waals surface area contributed by atoms with Gasteiger partial charge in [0.15, 0.2) is 0 Å². The van der Waals surface area contributed by atoms with Gasteiger partial charge < -0.3 is 25.8 Å². The number of carboxylic acids is 1. The summed E-state index contributed by atoms with van der Waals surface area (Å²) < 4.78 is 6.05. The van der Waals surface area contributed by atoms with Crippen LogP contribution in [0.2, 0.25) is 0 Å². The average Bonchev–Trinajstić information content (AvgIpc) is 2.93. The first-order valence-corrected chi connectivity index (χ1v) is 13.5. The molecule has 9 heteroatoms. The topological polar surface area (TPSA) is 138 Å². The van der Waals surface area contributed by atoms with Crippen molar-refractivity contribution in [3.63, 3.8) is 0 Å². The number of unbranched alkanes of at least 4 members (excludes halogenated alkanes) is 1. The zero-order chi connectivity index (χ0) is 22.5. The molecule has 8 nitrogen and oxygen atoms in total. The predicted molar refractivity (Wildman–Crippen MR) is 123 cm³/mol. The molecule has 0 saturated carbocycles. The number of carboxylic acid groups (broad SMARTS) is 1. The summed E-state index contributed by atoms with van der Waals surface area (Å²) in [5.74, 6) is -0.753. The molecular weight excluding hydrogens is 405 g/mol. The van der Waals surface area contributed by atoms with Crippen LogP contribution < -0.4 is 5.73 Å². The van der Waals surface area contributed by atoms with Crippen LogP contribution in [0.3, 0.4) is 0 Å². The summed E-state index contributed by atoms with van der Waals surface area (Å²) in [5.41, 5.74) is 5.84. The lowest BCUT2D eigenvalue weighted by atomic mass is 9.93. The van der Waals surface area contributed by atoms with Crippen molar-refractivity contribution < 1.29 is 24.9 Å². The molecule has 6 atom stereocenters. The van der Waals surface area contributed by atoms with Gasteiger partial charge in [-0.25, -0.2) is 4.99 Å². The van der Waals surface area contributed by atoms with Crippen LogP contribution in [0, 0.1) is 11.8 Å². The minimum absolute atomic E-state index is 0.331. The number of nitrogens with two attached hydrogens (primary N) is 1. The van der Waals surface area contributed by atoms with E-state index in [-0.39, 0.29) is 5.92 Å².